The smallest absolute Gasteiger partial charge is 0.550 e. The molecular formula is C40H58CuO4. The van der Waals surface area contributed by atoms with Crippen molar-refractivity contribution in [2.45, 2.75) is 132 Å². The van der Waals surface area contributed by atoms with E-state index in [1.807, 2.05) is 13.8 Å². The Hall–Kier alpha value is -1.58. The largest absolute Gasteiger partial charge is 2.00 e. The maximum Gasteiger partial charge on any atom is 2.00 e. The van der Waals surface area contributed by atoms with Crippen LogP contribution >= 0.6 is 0 Å². The Kier molecular flexibility index (Phi) is 10.6. The molecule has 0 saturated heterocycles. The normalized spacial score (nSPS) is 40.4. The first-order valence-electron chi connectivity index (χ1n) is 17.8. The molecule has 6 aliphatic rings. The van der Waals surface area contributed by atoms with E-state index in [2.05, 4.69) is 65.8 Å². The van der Waals surface area contributed by atoms with Gasteiger partial charge in [-0.3, -0.25) is 0 Å². The van der Waals surface area contributed by atoms with Gasteiger partial charge in [-0.15, -0.1) is 0 Å². The number of carbonyl (C=O) groups excluding carboxylic acids is 2. The van der Waals surface area contributed by atoms with Crippen molar-refractivity contribution >= 4 is 11.9 Å². The zero-order valence-electron chi connectivity index (χ0n) is 29.2. The van der Waals surface area contributed by atoms with Gasteiger partial charge < -0.3 is 19.8 Å². The molecule has 0 aromatic heterocycles. The second-order valence-electron chi connectivity index (χ2n) is 17.0. The first-order chi connectivity index (χ1) is 20.6. The molecule has 2 saturated carbocycles. The fourth-order valence-corrected chi connectivity index (χ4v) is 11.2. The molecule has 45 heavy (non-hydrogen) atoms. The van der Waals surface area contributed by atoms with Crippen LogP contribution in [0.5, 0.6) is 0 Å². The fraction of sp³-hybridized carbons (Fsp3) is 0.750. The van der Waals surface area contributed by atoms with Crippen LogP contribution in [0.2, 0.25) is 0 Å². The van der Waals surface area contributed by atoms with E-state index >= 15 is 0 Å². The molecule has 8 atom stereocenters. The Labute approximate surface area is 284 Å². The number of rotatable bonds is 4. The van der Waals surface area contributed by atoms with Gasteiger partial charge in [0.2, 0.25) is 0 Å². The number of fused-ring (bicyclic) bond motifs is 6. The zero-order valence-corrected chi connectivity index (χ0v) is 30.1. The third-order valence-corrected chi connectivity index (χ3v) is 14.1. The average Bonchev–Trinajstić information content (AvgIpc) is 2.96. The second-order valence-corrected chi connectivity index (χ2v) is 17.0. The molecule has 0 spiro atoms. The van der Waals surface area contributed by atoms with Gasteiger partial charge in [0.15, 0.2) is 0 Å². The number of carbonyl (C=O) groups is 2. The van der Waals surface area contributed by atoms with Crippen molar-refractivity contribution < 1.29 is 36.9 Å². The van der Waals surface area contributed by atoms with Crippen molar-refractivity contribution in [2.75, 3.05) is 0 Å². The molecule has 0 N–H and O–H groups in total. The van der Waals surface area contributed by atoms with Crippen LogP contribution in [-0.4, -0.2) is 11.9 Å². The van der Waals surface area contributed by atoms with Gasteiger partial charge in [0.25, 0.3) is 0 Å². The summed E-state index contributed by atoms with van der Waals surface area (Å²) >= 11 is 0. The Bertz CT molecular complexity index is 1190. The van der Waals surface area contributed by atoms with Crippen molar-refractivity contribution in [1.82, 2.24) is 0 Å². The molecule has 0 amide bonds. The van der Waals surface area contributed by atoms with E-state index < -0.39 is 22.8 Å². The standard InChI is InChI=1S/2C20H30O2.Cu/c2*1-13(2)14-6-8-16-15(12-14)7-9-17-19(16,3)10-5-11-20(17,4)18(21)22;/h2*7,12-13,16-17H,5-6,8-11H2,1-4H3,(H,21,22);/q;;+2/p-2/t2*16-,17+,19+,20-;/m11./s1. The summed E-state index contributed by atoms with van der Waals surface area (Å²) in [5, 5.41) is 23.7. The Morgan fingerprint density at radius 3 is 1.33 bits per heavy atom. The molecule has 0 unspecified atom stereocenters. The zero-order chi connectivity index (χ0) is 32.2. The van der Waals surface area contributed by atoms with Crippen molar-refractivity contribution in [2.24, 2.45) is 57.2 Å². The molecule has 0 bridgehead atoms. The summed E-state index contributed by atoms with van der Waals surface area (Å²) in [4.78, 5) is 23.7. The van der Waals surface area contributed by atoms with Crippen molar-refractivity contribution in [3.63, 3.8) is 0 Å². The summed E-state index contributed by atoms with van der Waals surface area (Å²) in [6.45, 7) is 17.7. The second kappa shape index (κ2) is 13.1. The van der Waals surface area contributed by atoms with Crippen LogP contribution in [0.4, 0.5) is 0 Å². The molecule has 6 rings (SSSR count). The first-order valence-corrected chi connectivity index (χ1v) is 17.8. The molecule has 6 aliphatic carbocycles. The van der Waals surface area contributed by atoms with Crippen molar-refractivity contribution in [1.29, 1.82) is 0 Å². The minimum absolute atomic E-state index is 0. The molecule has 0 aromatic rings. The van der Waals surface area contributed by atoms with Crippen molar-refractivity contribution in [3.8, 4) is 0 Å². The Morgan fingerprint density at radius 1 is 0.667 bits per heavy atom. The van der Waals surface area contributed by atoms with E-state index in [0.717, 1.165) is 51.4 Å². The van der Waals surface area contributed by atoms with Crippen molar-refractivity contribution in [3.05, 3.63) is 46.6 Å². The minimum Gasteiger partial charge on any atom is -0.550 e. The summed E-state index contributed by atoms with van der Waals surface area (Å²) in [6, 6.07) is 0. The molecule has 2 fully saturated rings. The predicted molar refractivity (Wildman–Crippen MR) is 174 cm³/mol. The van der Waals surface area contributed by atoms with Gasteiger partial charge in [0.05, 0.1) is 0 Å². The number of aliphatic carboxylic acids is 2. The van der Waals surface area contributed by atoms with Crippen LogP contribution in [0.1, 0.15) is 132 Å². The summed E-state index contributed by atoms with van der Waals surface area (Å²) in [6.07, 6.45) is 21.9. The van der Waals surface area contributed by atoms with E-state index in [1.165, 1.54) is 36.8 Å². The monoisotopic (exact) mass is 665 g/mol. The van der Waals surface area contributed by atoms with E-state index in [1.54, 1.807) is 11.1 Å². The Balaban J connectivity index is 0.000000200. The fourth-order valence-electron chi connectivity index (χ4n) is 11.2. The predicted octanol–water partition coefficient (Wildman–Crippen LogP) is 7.74. The topological polar surface area (TPSA) is 80.3 Å². The van der Waals surface area contributed by atoms with Gasteiger partial charge in [0.1, 0.15) is 0 Å². The first kappa shape index (κ1) is 36.3. The van der Waals surface area contributed by atoms with Crippen LogP contribution in [0, 0.1) is 57.2 Å². The molecule has 1 radical (unpaired) electrons. The van der Waals surface area contributed by atoms with Crippen LogP contribution in [0.15, 0.2) is 46.6 Å². The molecule has 0 aromatic carbocycles. The van der Waals surface area contributed by atoms with Crippen LogP contribution < -0.4 is 10.2 Å². The minimum atomic E-state index is -0.838. The molecule has 5 heteroatoms. The number of hydrogen-bond donors (Lipinski definition) is 0. The number of hydrogen-bond acceptors (Lipinski definition) is 4. The summed E-state index contributed by atoms with van der Waals surface area (Å²) in [7, 11) is 0. The number of carboxylic acids is 2. The van der Waals surface area contributed by atoms with Crippen LogP contribution in [0.3, 0.4) is 0 Å². The van der Waals surface area contributed by atoms with Gasteiger partial charge in [0, 0.05) is 22.8 Å². The summed E-state index contributed by atoms with van der Waals surface area (Å²) < 4.78 is 0. The summed E-state index contributed by atoms with van der Waals surface area (Å²) in [5.41, 5.74) is 5.01. The van der Waals surface area contributed by atoms with E-state index in [4.69, 9.17) is 0 Å². The summed E-state index contributed by atoms with van der Waals surface area (Å²) in [5.74, 6) is 1.08. The molecular weight excluding hydrogens is 608 g/mol. The van der Waals surface area contributed by atoms with Gasteiger partial charge in [-0.2, -0.15) is 0 Å². The van der Waals surface area contributed by atoms with Gasteiger partial charge in [-0.25, -0.2) is 0 Å². The maximum absolute atomic E-state index is 11.8. The van der Waals surface area contributed by atoms with Gasteiger partial charge >= 0.3 is 17.1 Å². The van der Waals surface area contributed by atoms with Crippen LogP contribution in [0.25, 0.3) is 0 Å². The Morgan fingerprint density at radius 2 is 1.02 bits per heavy atom. The van der Waals surface area contributed by atoms with E-state index in [-0.39, 0.29) is 39.7 Å². The average molecular weight is 666 g/mol. The SMILES string of the molecule is CC(C)C1=CC2=CC[C@H]3[C@@](C)(CCC[C@@]3(C)C(=O)[O-])[C@@H]2CC1.CC(C)C1=CC2=CC[C@H]3[C@@](C)(CCC[C@@]3(C)C(=O)[O-])[C@@H]2CC1.[Cu+2]. The molecule has 0 aliphatic heterocycles. The number of carboxylic acid groups (broad SMARTS) is 2. The quantitative estimate of drug-likeness (QED) is 0.288. The maximum atomic E-state index is 11.8. The molecule has 0 heterocycles. The van der Waals surface area contributed by atoms with E-state index in [9.17, 15) is 19.8 Å². The third-order valence-electron chi connectivity index (χ3n) is 14.1. The van der Waals surface area contributed by atoms with E-state index in [0.29, 0.717) is 23.7 Å². The third kappa shape index (κ3) is 6.12. The molecule has 4 nitrogen and oxygen atoms in total. The van der Waals surface area contributed by atoms with Gasteiger partial charge in [-0.05, 0) is 122 Å². The van der Waals surface area contributed by atoms with Crippen LogP contribution in [-0.2, 0) is 26.7 Å². The van der Waals surface area contributed by atoms with Gasteiger partial charge in [-0.1, -0.05) is 104 Å². The number of allylic oxidation sites excluding steroid dienone is 8. The molecule has 253 valence electrons.